The predicted octanol–water partition coefficient (Wildman–Crippen LogP) is 0.998. The average Bonchev–Trinajstić information content (AvgIpc) is 1.35. The van der Waals surface area contributed by atoms with E-state index in [0.717, 1.165) is 7.11 Å². The van der Waals surface area contributed by atoms with Crippen LogP contribution in [0.3, 0.4) is 0 Å². The highest BCUT2D eigenvalue weighted by molar-refractivity contribution is 7.46. The van der Waals surface area contributed by atoms with E-state index in [-0.39, 0.29) is 14.9 Å². The standard InChI is InChI=1S/CH5O4P.2CH4/c1-5-6(2,3)4;;/h1H3,(H2,2,3,4);2*1H4. The van der Waals surface area contributed by atoms with Crippen LogP contribution in [0.25, 0.3) is 0 Å². The summed E-state index contributed by atoms with van der Waals surface area (Å²) in [7, 11) is -3.20. The van der Waals surface area contributed by atoms with Gasteiger partial charge in [-0.05, 0) is 0 Å². The van der Waals surface area contributed by atoms with Crippen molar-refractivity contribution in [2.45, 2.75) is 14.9 Å². The molecule has 0 fully saturated rings. The van der Waals surface area contributed by atoms with E-state index in [1.807, 2.05) is 0 Å². The third-order valence-electron chi connectivity index (χ3n) is 0.238. The summed E-state index contributed by atoms with van der Waals surface area (Å²) in [6.45, 7) is 0. The van der Waals surface area contributed by atoms with Crippen molar-refractivity contribution in [2.75, 3.05) is 7.11 Å². The number of phosphoric acid groups is 1. The lowest BCUT2D eigenvalue weighted by Crippen LogP contribution is -1.76. The molecule has 0 aromatic rings. The van der Waals surface area contributed by atoms with Crippen molar-refractivity contribution in [3.63, 3.8) is 0 Å². The summed E-state index contributed by atoms with van der Waals surface area (Å²) in [6, 6.07) is 0. The first kappa shape index (κ1) is 15.7. The van der Waals surface area contributed by atoms with Gasteiger partial charge in [-0.3, -0.25) is 4.52 Å². The third kappa shape index (κ3) is 16.5. The summed E-state index contributed by atoms with van der Waals surface area (Å²) in [6.07, 6.45) is 0. The first-order valence-electron chi connectivity index (χ1n) is 1.17. The third-order valence-corrected chi connectivity index (χ3v) is 0.714. The molecule has 0 aliphatic heterocycles. The highest BCUT2D eigenvalue weighted by atomic mass is 31.2. The van der Waals surface area contributed by atoms with Crippen molar-refractivity contribution in [3.8, 4) is 0 Å². The molecule has 0 atom stereocenters. The van der Waals surface area contributed by atoms with Gasteiger partial charge in [-0.15, -0.1) is 0 Å². The molecule has 4 nitrogen and oxygen atoms in total. The zero-order valence-electron chi connectivity index (χ0n) is 3.16. The van der Waals surface area contributed by atoms with Crippen molar-refractivity contribution >= 4 is 7.82 Å². The van der Waals surface area contributed by atoms with Gasteiger partial charge < -0.3 is 9.79 Å². The summed E-state index contributed by atoms with van der Waals surface area (Å²) in [5.74, 6) is 0. The van der Waals surface area contributed by atoms with Gasteiger partial charge in [0.25, 0.3) is 0 Å². The quantitative estimate of drug-likeness (QED) is 0.538. The molecule has 0 aromatic carbocycles. The Bertz CT molecular complexity index is 75.4. The lowest BCUT2D eigenvalue weighted by molar-refractivity contribution is 0.235. The normalized spacial score (nSPS) is 8.88. The van der Waals surface area contributed by atoms with Crippen LogP contribution in [0.4, 0.5) is 0 Å². The SMILES string of the molecule is C.C.COP(=O)(O)O. The molecular weight excluding hydrogens is 131 g/mol. The van der Waals surface area contributed by atoms with Crippen LogP contribution >= 0.6 is 7.82 Å². The van der Waals surface area contributed by atoms with Gasteiger partial charge in [-0.2, -0.15) is 0 Å². The lowest BCUT2D eigenvalue weighted by Gasteiger charge is -1.93. The van der Waals surface area contributed by atoms with Crippen LogP contribution < -0.4 is 0 Å². The fraction of sp³-hybridized carbons (Fsp3) is 1.00. The average molecular weight is 144 g/mol. The maximum absolute atomic E-state index is 9.47. The summed E-state index contributed by atoms with van der Waals surface area (Å²) in [4.78, 5) is 15.4. The van der Waals surface area contributed by atoms with Crippen LogP contribution in [-0.2, 0) is 9.09 Å². The summed E-state index contributed by atoms with van der Waals surface area (Å²) < 4.78 is 13.1. The van der Waals surface area contributed by atoms with Gasteiger partial charge in [0, 0.05) is 7.11 Å². The molecule has 0 heterocycles. The van der Waals surface area contributed by atoms with E-state index in [1.54, 1.807) is 0 Å². The van der Waals surface area contributed by atoms with Gasteiger partial charge in [0.15, 0.2) is 0 Å². The van der Waals surface area contributed by atoms with E-state index in [0.29, 0.717) is 0 Å². The van der Waals surface area contributed by atoms with Crippen LogP contribution in [0.15, 0.2) is 0 Å². The Kier molecular flexibility index (Phi) is 10.3. The molecule has 54 valence electrons. The van der Waals surface area contributed by atoms with Crippen LogP contribution in [0.2, 0.25) is 0 Å². The van der Waals surface area contributed by atoms with E-state index in [9.17, 15) is 4.57 Å². The Balaban J connectivity index is -0.000000125. The van der Waals surface area contributed by atoms with Gasteiger partial charge in [0.1, 0.15) is 0 Å². The number of hydrogen-bond donors (Lipinski definition) is 2. The molecule has 0 aliphatic carbocycles. The van der Waals surface area contributed by atoms with E-state index in [1.165, 1.54) is 0 Å². The van der Waals surface area contributed by atoms with E-state index in [4.69, 9.17) is 9.79 Å². The van der Waals surface area contributed by atoms with Crippen LogP contribution in [0.1, 0.15) is 14.9 Å². The first-order valence-corrected chi connectivity index (χ1v) is 2.70. The van der Waals surface area contributed by atoms with E-state index < -0.39 is 7.82 Å². The van der Waals surface area contributed by atoms with Gasteiger partial charge in [0.2, 0.25) is 0 Å². The molecule has 0 radical (unpaired) electrons. The monoisotopic (exact) mass is 144 g/mol. The molecule has 8 heavy (non-hydrogen) atoms. The highest BCUT2D eigenvalue weighted by Gasteiger charge is 2.07. The Morgan fingerprint density at radius 1 is 1.38 bits per heavy atom. The minimum atomic E-state index is -4.15. The second-order valence-electron chi connectivity index (χ2n) is 0.673. The van der Waals surface area contributed by atoms with Crippen molar-refractivity contribution in [2.24, 2.45) is 0 Å². The summed E-state index contributed by atoms with van der Waals surface area (Å²) >= 11 is 0. The first-order chi connectivity index (χ1) is 2.56. The maximum atomic E-state index is 9.47. The van der Waals surface area contributed by atoms with Gasteiger partial charge >= 0.3 is 7.82 Å². The summed E-state index contributed by atoms with van der Waals surface area (Å²) in [5, 5.41) is 0. The summed E-state index contributed by atoms with van der Waals surface area (Å²) in [5.41, 5.74) is 0. The molecule has 0 rings (SSSR count). The fourth-order valence-electron chi connectivity index (χ4n) is 0. The topological polar surface area (TPSA) is 66.8 Å². The van der Waals surface area contributed by atoms with Crippen molar-refractivity contribution in [1.29, 1.82) is 0 Å². The molecule has 0 aromatic heterocycles. The largest absolute Gasteiger partial charge is 0.469 e. The number of phosphoric ester groups is 1. The highest BCUT2D eigenvalue weighted by Crippen LogP contribution is 2.33. The van der Waals surface area contributed by atoms with Gasteiger partial charge in [0.05, 0.1) is 0 Å². The Morgan fingerprint density at radius 3 is 1.50 bits per heavy atom. The molecule has 5 heteroatoms. The molecule has 0 amide bonds. The molecule has 0 saturated carbocycles. The Hall–Kier alpha value is 0.110. The second kappa shape index (κ2) is 5.25. The molecule has 0 spiro atoms. The molecule has 0 bridgehead atoms. The zero-order chi connectivity index (χ0) is 5.21. The van der Waals surface area contributed by atoms with Gasteiger partial charge in [-0.25, -0.2) is 4.57 Å². The molecule has 0 saturated heterocycles. The lowest BCUT2D eigenvalue weighted by atomic mass is 11.8. The van der Waals surface area contributed by atoms with Crippen molar-refractivity contribution in [3.05, 3.63) is 0 Å². The zero-order valence-corrected chi connectivity index (χ0v) is 4.05. The van der Waals surface area contributed by atoms with Crippen LogP contribution in [0.5, 0.6) is 0 Å². The molecule has 0 aliphatic rings. The second-order valence-corrected chi connectivity index (χ2v) is 2.02. The maximum Gasteiger partial charge on any atom is 0.469 e. The minimum absolute atomic E-state index is 0. The Labute approximate surface area is 49.7 Å². The number of hydrogen-bond acceptors (Lipinski definition) is 2. The van der Waals surface area contributed by atoms with Crippen molar-refractivity contribution < 1.29 is 18.9 Å². The smallest absolute Gasteiger partial charge is 0.303 e. The molecular formula is C3H13O4P. The van der Waals surface area contributed by atoms with Crippen molar-refractivity contribution in [1.82, 2.24) is 0 Å². The van der Waals surface area contributed by atoms with Crippen LogP contribution in [-0.4, -0.2) is 16.9 Å². The van der Waals surface area contributed by atoms with Crippen LogP contribution in [0, 0.1) is 0 Å². The Morgan fingerprint density at radius 2 is 1.50 bits per heavy atom. The number of rotatable bonds is 1. The molecule has 0 unspecified atom stereocenters. The van der Waals surface area contributed by atoms with Gasteiger partial charge in [-0.1, -0.05) is 14.9 Å². The fourth-order valence-corrected chi connectivity index (χ4v) is 0. The molecule has 2 N–H and O–H groups in total. The predicted molar refractivity (Wildman–Crippen MR) is 32.5 cm³/mol. The minimum Gasteiger partial charge on any atom is -0.303 e. The van der Waals surface area contributed by atoms with E-state index in [2.05, 4.69) is 4.52 Å². The van der Waals surface area contributed by atoms with E-state index >= 15 is 0 Å².